The standard InChI is InChI=1S/C34H28N6O4/c1-3-42-28-17-21(13-15-26(28)41)31-30-20(2)38-40(23-9-5-4-6-10-23)33(30)37-34-32(36-24-11-7-8-12-25(24)39(31)34)35-22-14-16-27-29(18-22)44-19-43-27/h4-18,31,41H,3,19H2,1-2H3,(H,35,36)/t31-/m1/s1. The maximum atomic E-state index is 10.6. The van der Waals surface area contributed by atoms with Crippen molar-refractivity contribution in [1.82, 2.24) is 9.78 Å². The number of para-hydroxylation sites is 3. The number of nitrogens with zero attached hydrogens (tertiary/aromatic N) is 5. The van der Waals surface area contributed by atoms with Crippen LogP contribution in [0.4, 0.5) is 22.9 Å². The van der Waals surface area contributed by atoms with Crippen LogP contribution in [0.3, 0.4) is 0 Å². The third-order valence-electron chi connectivity index (χ3n) is 7.87. The Kier molecular flexibility index (Phi) is 6.00. The van der Waals surface area contributed by atoms with Crippen LogP contribution in [0.1, 0.15) is 29.8 Å². The maximum Gasteiger partial charge on any atom is 0.231 e. The molecule has 4 aromatic carbocycles. The molecule has 3 aliphatic rings. The molecule has 0 spiro atoms. The summed E-state index contributed by atoms with van der Waals surface area (Å²) < 4.78 is 18.9. The number of benzene rings is 4. The average molecular weight is 585 g/mol. The molecule has 44 heavy (non-hydrogen) atoms. The lowest BCUT2D eigenvalue weighted by molar-refractivity contribution is 0.174. The number of hydrogen-bond donors (Lipinski definition) is 2. The number of hydrogen-bond acceptors (Lipinski definition) is 9. The number of nitrogens with one attached hydrogen (secondary N) is 1. The van der Waals surface area contributed by atoms with E-state index in [9.17, 15) is 5.11 Å². The largest absolute Gasteiger partial charge is 0.504 e. The van der Waals surface area contributed by atoms with Crippen molar-refractivity contribution in [2.24, 2.45) is 9.98 Å². The predicted molar refractivity (Wildman–Crippen MR) is 169 cm³/mol. The summed E-state index contributed by atoms with van der Waals surface area (Å²) in [5.74, 6) is 3.77. The van der Waals surface area contributed by atoms with Crippen molar-refractivity contribution in [3.8, 4) is 28.7 Å². The average Bonchev–Trinajstić information content (AvgIpc) is 3.65. The number of rotatable bonds is 5. The van der Waals surface area contributed by atoms with Gasteiger partial charge in [-0.05, 0) is 67.9 Å². The quantitative estimate of drug-likeness (QED) is 0.234. The normalized spacial score (nSPS) is 16.0. The van der Waals surface area contributed by atoms with Crippen LogP contribution in [0.15, 0.2) is 101 Å². The highest BCUT2D eigenvalue weighted by molar-refractivity contribution is 6.51. The van der Waals surface area contributed by atoms with E-state index in [0.29, 0.717) is 41.3 Å². The molecule has 10 nitrogen and oxygen atoms in total. The number of aromatic hydroxyl groups is 1. The van der Waals surface area contributed by atoms with E-state index in [1.165, 1.54) is 0 Å². The number of phenolic OH excluding ortho intramolecular Hbond substituents is 1. The van der Waals surface area contributed by atoms with Crippen LogP contribution in [-0.2, 0) is 0 Å². The second-order valence-electron chi connectivity index (χ2n) is 10.6. The summed E-state index contributed by atoms with van der Waals surface area (Å²) in [5.41, 5.74) is 6.07. The molecule has 1 atom stereocenters. The molecule has 5 aromatic rings. The number of aromatic nitrogens is 2. The summed E-state index contributed by atoms with van der Waals surface area (Å²) in [6.45, 7) is 4.52. The molecular formula is C34H28N6O4. The summed E-state index contributed by atoms with van der Waals surface area (Å²) in [6, 6.07) is 28.8. The lowest BCUT2D eigenvalue weighted by Gasteiger charge is -2.40. The minimum Gasteiger partial charge on any atom is -0.504 e. The van der Waals surface area contributed by atoms with Gasteiger partial charge in [0, 0.05) is 17.3 Å². The molecule has 2 N–H and O–H groups in total. The zero-order valence-electron chi connectivity index (χ0n) is 24.1. The van der Waals surface area contributed by atoms with Gasteiger partial charge < -0.3 is 29.5 Å². The molecule has 0 saturated heterocycles. The molecule has 0 aliphatic carbocycles. The molecule has 218 valence electrons. The fourth-order valence-corrected chi connectivity index (χ4v) is 5.95. The highest BCUT2D eigenvalue weighted by atomic mass is 16.7. The fourth-order valence-electron chi connectivity index (χ4n) is 5.95. The van der Waals surface area contributed by atoms with Crippen molar-refractivity contribution in [3.63, 3.8) is 0 Å². The zero-order valence-corrected chi connectivity index (χ0v) is 24.1. The van der Waals surface area contributed by atoms with Gasteiger partial charge in [-0.2, -0.15) is 5.10 Å². The van der Waals surface area contributed by atoms with Gasteiger partial charge in [0.1, 0.15) is 0 Å². The number of phenols is 1. The van der Waals surface area contributed by atoms with E-state index in [-0.39, 0.29) is 18.6 Å². The number of amidine groups is 2. The van der Waals surface area contributed by atoms with E-state index in [2.05, 4.69) is 10.2 Å². The Hall–Kier alpha value is -5.77. The molecule has 0 unspecified atom stereocenters. The SMILES string of the molecule is CCOc1cc([C@@H]2c3c(C)nn(-c4ccccc4)c3N=C3C(Nc4ccc5c(c4)OCO5)=Nc4ccccc4N32)ccc1O. The molecule has 0 radical (unpaired) electrons. The zero-order chi connectivity index (χ0) is 29.8. The third-order valence-corrected chi connectivity index (χ3v) is 7.87. The number of ether oxygens (including phenoxy) is 3. The molecule has 0 bridgehead atoms. The second kappa shape index (κ2) is 10.2. The van der Waals surface area contributed by atoms with Crippen molar-refractivity contribution in [1.29, 1.82) is 0 Å². The van der Waals surface area contributed by atoms with E-state index < -0.39 is 0 Å². The van der Waals surface area contributed by atoms with Crippen LogP contribution in [0, 0.1) is 6.92 Å². The first-order valence-corrected chi connectivity index (χ1v) is 14.4. The number of anilines is 2. The van der Waals surface area contributed by atoms with Gasteiger partial charge in [0.2, 0.25) is 6.79 Å². The Balaban J connectivity index is 1.36. The summed E-state index contributed by atoms with van der Waals surface area (Å²) >= 11 is 0. The molecule has 3 aliphatic heterocycles. The molecule has 4 heterocycles. The minimum absolute atomic E-state index is 0.0861. The number of aryl methyl sites for hydroxylation is 1. The Morgan fingerprint density at radius 2 is 1.75 bits per heavy atom. The Bertz CT molecular complexity index is 1980. The van der Waals surface area contributed by atoms with Gasteiger partial charge >= 0.3 is 0 Å². The van der Waals surface area contributed by atoms with Crippen LogP contribution in [0.2, 0.25) is 0 Å². The van der Waals surface area contributed by atoms with Gasteiger partial charge in [0.25, 0.3) is 0 Å². The van der Waals surface area contributed by atoms with E-state index in [1.54, 1.807) is 6.07 Å². The maximum absolute atomic E-state index is 10.6. The summed E-state index contributed by atoms with van der Waals surface area (Å²) in [5, 5.41) is 19.1. The van der Waals surface area contributed by atoms with E-state index in [1.807, 2.05) is 103 Å². The van der Waals surface area contributed by atoms with Crippen LogP contribution in [0.25, 0.3) is 5.69 Å². The van der Waals surface area contributed by atoms with Crippen LogP contribution in [0.5, 0.6) is 23.0 Å². The van der Waals surface area contributed by atoms with Crippen molar-refractivity contribution in [2.75, 3.05) is 23.6 Å². The first-order chi connectivity index (χ1) is 21.6. The topological polar surface area (TPSA) is 106 Å². The lowest BCUT2D eigenvalue weighted by Crippen LogP contribution is -2.46. The van der Waals surface area contributed by atoms with Gasteiger partial charge in [-0.25, -0.2) is 14.7 Å². The molecule has 0 saturated carbocycles. The van der Waals surface area contributed by atoms with Gasteiger partial charge in [-0.3, -0.25) is 0 Å². The van der Waals surface area contributed by atoms with Crippen molar-refractivity contribution < 1.29 is 19.3 Å². The van der Waals surface area contributed by atoms with Crippen molar-refractivity contribution in [2.45, 2.75) is 19.9 Å². The molecular weight excluding hydrogens is 556 g/mol. The van der Waals surface area contributed by atoms with Crippen molar-refractivity contribution in [3.05, 3.63) is 108 Å². The molecule has 0 amide bonds. The highest BCUT2D eigenvalue weighted by Gasteiger charge is 2.41. The van der Waals surface area contributed by atoms with E-state index in [4.69, 9.17) is 29.3 Å². The predicted octanol–water partition coefficient (Wildman–Crippen LogP) is 6.81. The van der Waals surface area contributed by atoms with Gasteiger partial charge in [-0.15, -0.1) is 0 Å². The van der Waals surface area contributed by atoms with Crippen molar-refractivity contribution >= 4 is 34.6 Å². The van der Waals surface area contributed by atoms with Gasteiger partial charge in [0.15, 0.2) is 40.5 Å². The number of aliphatic imine (C=N–C) groups is 2. The molecule has 1 aromatic heterocycles. The monoisotopic (exact) mass is 584 g/mol. The van der Waals surface area contributed by atoms with Gasteiger partial charge in [-0.1, -0.05) is 36.4 Å². The minimum atomic E-state index is -0.361. The highest BCUT2D eigenvalue weighted by Crippen LogP contribution is 2.49. The van der Waals surface area contributed by atoms with Crippen LogP contribution in [-0.4, -0.2) is 40.0 Å². The second-order valence-corrected chi connectivity index (χ2v) is 10.6. The Labute approximate surface area is 253 Å². The first kappa shape index (κ1) is 25.9. The molecule has 0 fully saturated rings. The lowest BCUT2D eigenvalue weighted by atomic mass is 9.93. The summed E-state index contributed by atoms with van der Waals surface area (Å²) in [7, 11) is 0. The number of fused-ring (bicyclic) bond motifs is 5. The smallest absolute Gasteiger partial charge is 0.231 e. The summed E-state index contributed by atoms with van der Waals surface area (Å²) in [6.07, 6.45) is 0. The Morgan fingerprint density at radius 3 is 2.61 bits per heavy atom. The summed E-state index contributed by atoms with van der Waals surface area (Å²) in [4.78, 5) is 12.5. The van der Waals surface area contributed by atoms with E-state index in [0.717, 1.165) is 39.6 Å². The van der Waals surface area contributed by atoms with Gasteiger partial charge in [0.05, 0.1) is 35.4 Å². The molecule has 10 heteroatoms. The Morgan fingerprint density at radius 1 is 0.932 bits per heavy atom. The fraction of sp³-hybridized carbons (Fsp3) is 0.147. The third kappa shape index (κ3) is 4.14. The van der Waals surface area contributed by atoms with E-state index >= 15 is 0 Å². The van der Waals surface area contributed by atoms with Crippen LogP contribution >= 0.6 is 0 Å². The first-order valence-electron chi connectivity index (χ1n) is 14.4. The molecule has 8 rings (SSSR count). The van der Waals surface area contributed by atoms with Crippen LogP contribution < -0.4 is 24.4 Å².